The number of fused-ring (bicyclic) bond motifs is 3. The Kier molecular flexibility index (Phi) is 2.47. The summed E-state index contributed by atoms with van der Waals surface area (Å²) in [5.74, 6) is 0.353. The number of carbonyl (C=O) groups excluding carboxylic acids is 1. The van der Waals surface area contributed by atoms with Crippen LogP contribution in [-0.4, -0.2) is 21.2 Å². The Morgan fingerprint density at radius 2 is 2.13 bits per heavy atom. The summed E-state index contributed by atoms with van der Waals surface area (Å²) >= 11 is 2.23. The summed E-state index contributed by atoms with van der Waals surface area (Å²) < 4.78 is 1.02. The minimum absolute atomic E-state index is 0.0276. The van der Waals surface area contributed by atoms with Crippen molar-refractivity contribution in [3.8, 4) is 5.75 Å². The summed E-state index contributed by atoms with van der Waals surface area (Å²) in [4.78, 5) is 12.6. The van der Waals surface area contributed by atoms with Gasteiger partial charge in [0.1, 0.15) is 9.45 Å². The molecule has 5 rings (SSSR count). The number of aromatic nitrogens is 2. The molecule has 114 valence electrons. The van der Waals surface area contributed by atoms with Gasteiger partial charge in [-0.2, -0.15) is 5.10 Å². The smallest absolute Gasteiger partial charge is 0.235 e. The minimum atomic E-state index is -0.536. The van der Waals surface area contributed by atoms with Gasteiger partial charge < -0.3 is 10.4 Å². The highest BCUT2D eigenvalue weighted by Gasteiger charge is 2.65. The second kappa shape index (κ2) is 4.25. The molecular formula is C17H12IN3O2. The van der Waals surface area contributed by atoms with E-state index in [1.54, 1.807) is 18.2 Å². The van der Waals surface area contributed by atoms with E-state index in [-0.39, 0.29) is 17.6 Å². The summed E-state index contributed by atoms with van der Waals surface area (Å²) in [6.07, 6.45) is 0.766. The number of hydrogen-bond acceptors (Lipinski definition) is 3. The molecule has 1 fully saturated rings. The normalized spacial score (nSPS) is 24.9. The van der Waals surface area contributed by atoms with Crippen molar-refractivity contribution in [1.82, 2.24) is 10.2 Å². The van der Waals surface area contributed by atoms with Gasteiger partial charge in [-0.1, -0.05) is 6.07 Å². The van der Waals surface area contributed by atoms with E-state index in [0.29, 0.717) is 0 Å². The zero-order chi connectivity index (χ0) is 15.8. The van der Waals surface area contributed by atoms with Crippen molar-refractivity contribution in [3.63, 3.8) is 0 Å². The second-order valence-electron chi connectivity index (χ2n) is 6.23. The van der Waals surface area contributed by atoms with E-state index >= 15 is 0 Å². The van der Waals surface area contributed by atoms with Crippen LogP contribution in [0.4, 0.5) is 5.69 Å². The number of nitrogens with zero attached hydrogens (tertiary/aromatic N) is 1. The van der Waals surface area contributed by atoms with Gasteiger partial charge in [0.2, 0.25) is 5.91 Å². The molecule has 2 heterocycles. The van der Waals surface area contributed by atoms with Gasteiger partial charge in [0.15, 0.2) is 0 Å². The van der Waals surface area contributed by atoms with E-state index in [2.05, 4.69) is 56.3 Å². The second-order valence-corrected chi connectivity index (χ2v) is 7.30. The first kappa shape index (κ1) is 13.4. The zero-order valence-electron chi connectivity index (χ0n) is 11.9. The molecule has 5 nitrogen and oxygen atoms in total. The van der Waals surface area contributed by atoms with E-state index < -0.39 is 5.41 Å². The Hall–Kier alpha value is -2.09. The predicted octanol–water partition coefficient (Wildman–Crippen LogP) is 3.25. The molecule has 1 spiro atoms. The first-order chi connectivity index (χ1) is 11.1. The molecule has 2 aromatic carbocycles. The lowest BCUT2D eigenvalue weighted by Crippen LogP contribution is -2.20. The Morgan fingerprint density at radius 1 is 1.26 bits per heavy atom. The van der Waals surface area contributed by atoms with Crippen LogP contribution in [0.2, 0.25) is 0 Å². The largest absolute Gasteiger partial charge is 0.508 e. The molecule has 0 radical (unpaired) electrons. The third-order valence-corrected chi connectivity index (χ3v) is 5.86. The Morgan fingerprint density at radius 3 is 3.00 bits per heavy atom. The number of aromatic amines is 1. The molecule has 1 unspecified atom stereocenters. The summed E-state index contributed by atoms with van der Waals surface area (Å²) in [6.45, 7) is 0. The van der Waals surface area contributed by atoms with Crippen LogP contribution in [0.25, 0.3) is 10.9 Å². The van der Waals surface area contributed by atoms with Crippen molar-refractivity contribution in [1.29, 1.82) is 0 Å². The fourth-order valence-electron chi connectivity index (χ4n) is 3.79. The summed E-state index contributed by atoms with van der Waals surface area (Å²) in [5, 5.41) is 21.1. The molecule has 3 aromatic rings. The van der Waals surface area contributed by atoms with Crippen LogP contribution in [-0.2, 0) is 10.2 Å². The van der Waals surface area contributed by atoms with Crippen molar-refractivity contribution < 1.29 is 9.90 Å². The fraction of sp³-hybridized carbons (Fsp3) is 0.176. The lowest BCUT2D eigenvalue weighted by atomic mass is 9.91. The van der Waals surface area contributed by atoms with Crippen LogP contribution < -0.4 is 5.32 Å². The molecule has 1 aromatic heterocycles. The molecule has 2 aliphatic rings. The molecule has 1 aliphatic heterocycles. The van der Waals surface area contributed by atoms with Gasteiger partial charge in [0.05, 0.1) is 10.9 Å². The summed E-state index contributed by atoms with van der Waals surface area (Å²) in [6, 6.07) is 11.3. The van der Waals surface area contributed by atoms with E-state index in [1.165, 1.54) is 0 Å². The Bertz CT molecular complexity index is 997. The highest BCUT2D eigenvalue weighted by atomic mass is 127. The maximum atomic E-state index is 12.6. The molecular weight excluding hydrogens is 405 g/mol. The quantitative estimate of drug-likeness (QED) is 0.420. The van der Waals surface area contributed by atoms with Crippen LogP contribution in [0, 0.1) is 3.70 Å². The molecule has 1 amide bonds. The lowest BCUT2D eigenvalue weighted by Gasteiger charge is -2.09. The molecule has 6 heteroatoms. The zero-order valence-corrected chi connectivity index (χ0v) is 14.1. The van der Waals surface area contributed by atoms with Crippen molar-refractivity contribution in [2.75, 3.05) is 5.32 Å². The monoisotopic (exact) mass is 417 g/mol. The molecule has 23 heavy (non-hydrogen) atoms. The third-order valence-electron chi connectivity index (χ3n) is 5.03. The van der Waals surface area contributed by atoms with Crippen LogP contribution in [0.5, 0.6) is 5.75 Å². The molecule has 2 atom stereocenters. The highest BCUT2D eigenvalue weighted by molar-refractivity contribution is 14.1. The van der Waals surface area contributed by atoms with Crippen LogP contribution in [0.1, 0.15) is 23.5 Å². The topological polar surface area (TPSA) is 78.0 Å². The summed E-state index contributed by atoms with van der Waals surface area (Å²) in [5.41, 5.74) is 3.22. The molecule has 1 saturated carbocycles. The number of carbonyl (C=O) groups is 1. The molecule has 0 bridgehead atoms. The van der Waals surface area contributed by atoms with E-state index in [0.717, 1.165) is 37.8 Å². The number of nitrogens with one attached hydrogen (secondary N) is 2. The number of hydrogen-bond donors (Lipinski definition) is 3. The van der Waals surface area contributed by atoms with Crippen LogP contribution in [0.3, 0.4) is 0 Å². The Balaban J connectivity index is 1.62. The minimum Gasteiger partial charge on any atom is -0.508 e. The van der Waals surface area contributed by atoms with Gasteiger partial charge in [-0.3, -0.25) is 9.89 Å². The van der Waals surface area contributed by atoms with Gasteiger partial charge in [-0.25, -0.2) is 0 Å². The van der Waals surface area contributed by atoms with Crippen molar-refractivity contribution in [3.05, 3.63) is 51.2 Å². The van der Waals surface area contributed by atoms with Gasteiger partial charge in [-0.15, -0.1) is 0 Å². The predicted molar refractivity (Wildman–Crippen MR) is 94.6 cm³/mol. The fourth-order valence-corrected chi connectivity index (χ4v) is 4.37. The maximum Gasteiger partial charge on any atom is 0.235 e. The number of rotatable bonds is 1. The average Bonchev–Trinajstić information content (AvgIpc) is 3.12. The van der Waals surface area contributed by atoms with Crippen LogP contribution in [0.15, 0.2) is 36.4 Å². The maximum absolute atomic E-state index is 12.6. The number of aromatic hydroxyl groups is 1. The standard InChI is InChI=1S/C17H12IN3O2/c18-15-10-3-1-8(5-14(10)20-21-15)12-7-17(12)11-6-9(22)2-4-13(11)19-16(17)23/h1-6,12,22H,7H2,(H,19,23)(H,20,21)/t12?,17-/m0/s1. The molecule has 1 aliphatic carbocycles. The first-order valence-corrected chi connectivity index (χ1v) is 8.46. The van der Waals surface area contributed by atoms with Crippen molar-refractivity contribution >= 4 is 45.1 Å². The number of halogens is 1. The van der Waals surface area contributed by atoms with Gasteiger partial charge in [0.25, 0.3) is 0 Å². The highest BCUT2D eigenvalue weighted by Crippen LogP contribution is 2.65. The number of anilines is 1. The number of phenolic OH excluding ortho intramolecular Hbond substituents is 1. The van der Waals surface area contributed by atoms with E-state index in [9.17, 15) is 9.90 Å². The Labute approximate surface area is 145 Å². The number of H-pyrrole nitrogens is 1. The van der Waals surface area contributed by atoms with Gasteiger partial charge in [-0.05, 0) is 70.5 Å². The first-order valence-electron chi connectivity index (χ1n) is 7.38. The molecule has 0 saturated heterocycles. The van der Waals surface area contributed by atoms with E-state index in [1.807, 2.05) is 0 Å². The third kappa shape index (κ3) is 1.67. The lowest BCUT2D eigenvalue weighted by molar-refractivity contribution is -0.118. The summed E-state index contributed by atoms with van der Waals surface area (Å²) in [7, 11) is 0. The van der Waals surface area contributed by atoms with Gasteiger partial charge >= 0.3 is 0 Å². The average molecular weight is 417 g/mol. The molecule has 3 N–H and O–H groups in total. The number of amides is 1. The van der Waals surface area contributed by atoms with Crippen molar-refractivity contribution in [2.24, 2.45) is 0 Å². The van der Waals surface area contributed by atoms with Crippen molar-refractivity contribution in [2.45, 2.75) is 17.8 Å². The SMILES string of the molecule is O=C1Nc2ccc(O)cc2[C@]12CC2c1ccc2c(I)[nH]nc2c1. The number of phenols is 1. The van der Waals surface area contributed by atoms with E-state index in [4.69, 9.17) is 0 Å². The number of benzene rings is 2. The van der Waals surface area contributed by atoms with Crippen LogP contribution >= 0.6 is 22.6 Å². The van der Waals surface area contributed by atoms with Gasteiger partial charge in [0, 0.05) is 17.0 Å².